The molecule has 0 radical (unpaired) electrons. The second-order valence-corrected chi connectivity index (χ2v) is 6.25. The predicted octanol–water partition coefficient (Wildman–Crippen LogP) is 3.47. The molecule has 0 unspecified atom stereocenters. The first-order chi connectivity index (χ1) is 13.8. The first-order valence-electron chi connectivity index (χ1n) is 8.96. The van der Waals surface area contributed by atoms with Gasteiger partial charge in [-0.25, -0.2) is 0 Å². The van der Waals surface area contributed by atoms with Crippen molar-refractivity contribution in [2.45, 2.75) is 20.0 Å². The lowest BCUT2D eigenvalue weighted by Crippen LogP contribution is -2.04. The minimum atomic E-state index is 0.310. The molecule has 8 heteroatoms. The molecule has 0 amide bonds. The molecule has 1 aromatic carbocycles. The molecule has 28 heavy (non-hydrogen) atoms. The summed E-state index contributed by atoms with van der Waals surface area (Å²) in [5.41, 5.74) is 2.04. The van der Waals surface area contributed by atoms with Crippen LogP contribution in [-0.2, 0) is 13.0 Å². The number of hydrogen-bond acceptors (Lipinski definition) is 7. The summed E-state index contributed by atoms with van der Waals surface area (Å²) in [6.45, 7) is 2.31. The van der Waals surface area contributed by atoms with Crippen molar-refractivity contribution in [3.8, 4) is 17.4 Å². The fourth-order valence-electron chi connectivity index (χ4n) is 3.03. The Kier molecular flexibility index (Phi) is 3.93. The van der Waals surface area contributed by atoms with E-state index in [9.17, 15) is 0 Å². The molecule has 8 nitrogen and oxygen atoms in total. The molecule has 0 N–H and O–H groups in total. The number of fused-ring (bicyclic) bond motifs is 3. The first kappa shape index (κ1) is 16.4. The Morgan fingerprint density at radius 1 is 1.04 bits per heavy atom. The average molecular weight is 372 g/mol. The molecule has 4 heterocycles. The van der Waals surface area contributed by atoms with E-state index in [0.717, 1.165) is 28.6 Å². The summed E-state index contributed by atoms with van der Waals surface area (Å²) in [6, 6.07) is 15.4. The van der Waals surface area contributed by atoms with Gasteiger partial charge < -0.3 is 9.26 Å². The third-order valence-electron chi connectivity index (χ3n) is 4.45. The Morgan fingerprint density at radius 3 is 2.68 bits per heavy atom. The monoisotopic (exact) mass is 372 g/mol. The Hall–Kier alpha value is -3.81. The van der Waals surface area contributed by atoms with Crippen molar-refractivity contribution in [2.75, 3.05) is 0 Å². The van der Waals surface area contributed by atoms with Gasteiger partial charge in [0.1, 0.15) is 12.4 Å². The zero-order valence-corrected chi connectivity index (χ0v) is 15.1. The molecule has 5 aromatic rings. The van der Waals surface area contributed by atoms with Crippen molar-refractivity contribution in [2.24, 2.45) is 0 Å². The van der Waals surface area contributed by atoms with E-state index in [0.29, 0.717) is 29.7 Å². The maximum atomic E-state index is 6.01. The van der Waals surface area contributed by atoms with Crippen LogP contribution >= 0.6 is 0 Å². The Bertz CT molecular complexity index is 1260. The maximum Gasteiger partial charge on any atom is 0.240 e. The molecule has 0 aliphatic carbocycles. The zero-order valence-electron chi connectivity index (χ0n) is 15.1. The van der Waals surface area contributed by atoms with Crippen molar-refractivity contribution in [3.63, 3.8) is 0 Å². The number of aryl methyl sites for hydroxylation is 1. The van der Waals surface area contributed by atoms with Crippen molar-refractivity contribution >= 4 is 16.4 Å². The van der Waals surface area contributed by atoms with Crippen LogP contribution in [0.25, 0.3) is 27.9 Å². The Labute approximate surface area is 159 Å². The SMILES string of the molecule is CCc1cc(-c2nnc3c4ccccc4c(OCc4ccccn4)nn23)no1. The fraction of sp³-hybridized carbons (Fsp3) is 0.150. The van der Waals surface area contributed by atoms with Crippen molar-refractivity contribution in [1.29, 1.82) is 0 Å². The normalized spacial score (nSPS) is 11.3. The molecular formula is C20H16N6O2. The molecule has 0 fully saturated rings. The van der Waals surface area contributed by atoms with Crippen LogP contribution in [0.15, 0.2) is 59.3 Å². The summed E-state index contributed by atoms with van der Waals surface area (Å²) < 4.78 is 13.0. The topological polar surface area (TPSA) is 91.2 Å². The van der Waals surface area contributed by atoms with Gasteiger partial charge >= 0.3 is 0 Å². The molecule has 0 aliphatic rings. The second-order valence-electron chi connectivity index (χ2n) is 6.25. The highest BCUT2D eigenvalue weighted by Crippen LogP contribution is 2.29. The highest BCUT2D eigenvalue weighted by Gasteiger charge is 2.18. The second kappa shape index (κ2) is 6.73. The fourth-order valence-corrected chi connectivity index (χ4v) is 3.03. The van der Waals surface area contributed by atoms with E-state index in [1.165, 1.54) is 0 Å². The van der Waals surface area contributed by atoms with E-state index < -0.39 is 0 Å². The van der Waals surface area contributed by atoms with Crippen LogP contribution in [0, 0.1) is 0 Å². The lowest BCUT2D eigenvalue weighted by Gasteiger charge is -2.09. The standard InChI is InChI=1S/C20H16N6O2/c1-2-14-11-17(25-28-14)19-23-22-18-15-8-3-4-9-16(15)20(24-26(18)19)27-12-13-7-5-6-10-21-13/h3-11H,2,12H2,1H3. The summed E-state index contributed by atoms with van der Waals surface area (Å²) in [7, 11) is 0. The third-order valence-corrected chi connectivity index (χ3v) is 4.45. The largest absolute Gasteiger partial charge is 0.470 e. The maximum absolute atomic E-state index is 6.01. The molecule has 0 saturated heterocycles. The molecule has 5 rings (SSSR count). The molecule has 0 bridgehead atoms. The molecule has 4 aromatic heterocycles. The van der Waals surface area contributed by atoms with E-state index in [4.69, 9.17) is 9.26 Å². The number of ether oxygens (including phenoxy) is 1. The average Bonchev–Trinajstić information content (AvgIpc) is 3.39. The Morgan fingerprint density at radius 2 is 1.89 bits per heavy atom. The van der Waals surface area contributed by atoms with Crippen LogP contribution in [0.1, 0.15) is 18.4 Å². The van der Waals surface area contributed by atoms with Gasteiger partial charge in [-0.3, -0.25) is 4.98 Å². The summed E-state index contributed by atoms with van der Waals surface area (Å²) in [5.74, 6) is 1.76. The number of aromatic nitrogens is 6. The van der Waals surface area contributed by atoms with Crippen molar-refractivity contribution in [3.05, 3.63) is 66.2 Å². The molecule has 0 saturated carbocycles. The van der Waals surface area contributed by atoms with Crippen LogP contribution in [0.5, 0.6) is 5.88 Å². The van der Waals surface area contributed by atoms with E-state index in [2.05, 4.69) is 25.4 Å². The Balaban J connectivity index is 1.64. The van der Waals surface area contributed by atoms with Gasteiger partial charge in [0.25, 0.3) is 0 Å². The smallest absolute Gasteiger partial charge is 0.240 e. The number of benzene rings is 1. The quantitative estimate of drug-likeness (QED) is 0.466. The summed E-state index contributed by atoms with van der Waals surface area (Å²) in [6.07, 6.45) is 2.49. The number of pyridine rings is 1. The van der Waals surface area contributed by atoms with Crippen LogP contribution in [-0.4, -0.2) is 30.0 Å². The van der Waals surface area contributed by atoms with Gasteiger partial charge in [0, 0.05) is 29.5 Å². The lowest BCUT2D eigenvalue weighted by atomic mass is 10.2. The van der Waals surface area contributed by atoms with Crippen molar-refractivity contribution < 1.29 is 9.26 Å². The van der Waals surface area contributed by atoms with Gasteiger partial charge in [0.2, 0.25) is 11.7 Å². The van der Waals surface area contributed by atoms with Crippen LogP contribution in [0.4, 0.5) is 0 Å². The van der Waals surface area contributed by atoms with E-state index >= 15 is 0 Å². The van der Waals surface area contributed by atoms with Gasteiger partial charge in [-0.15, -0.1) is 15.3 Å². The third kappa shape index (κ3) is 2.75. The van der Waals surface area contributed by atoms with Crippen LogP contribution < -0.4 is 4.74 Å². The summed E-state index contributed by atoms with van der Waals surface area (Å²) in [4.78, 5) is 4.30. The van der Waals surface area contributed by atoms with Gasteiger partial charge in [-0.05, 0) is 18.2 Å². The number of rotatable bonds is 5. The molecule has 0 aliphatic heterocycles. The minimum Gasteiger partial charge on any atom is -0.470 e. The lowest BCUT2D eigenvalue weighted by molar-refractivity contribution is 0.289. The zero-order chi connectivity index (χ0) is 18.9. The molecule has 138 valence electrons. The summed E-state index contributed by atoms with van der Waals surface area (Å²) in [5, 5.41) is 19.1. The van der Waals surface area contributed by atoms with E-state index in [1.54, 1.807) is 10.7 Å². The minimum absolute atomic E-state index is 0.310. The summed E-state index contributed by atoms with van der Waals surface area (Å²) >= 11 is 0. The van der Waals surface area contributed by atoms with Gasteiger partial charge in [0.15, 0.2) is 11.3 Å². The number of hydrogen-bond donors (Lipinski definition) is 0. The molecule has 0 atom stereocenters. The van der Waals surface area contributed by atoms with Crippen molar-refractivity contribution in [1.82, 2.24) is 30.0 Å². The molecular weight excluding hydrogens is 356 g/mol. The highest BCUT2D eigenvalue weighted by atomic mass is 16.5. The predicted molar refractivity (Wildman–Crippen MR) is 102 cm³/mol. The number of nitrogens with zero attached hydrogens (tertiary/aromatic N) is 6. The van der Waals surface area contributed by atoms with Gasteiger partial charge in [-0.2, -0.15) is 4.52 Å². The van der Waals surface area contributed by atoms with E-state index in [-0.39, 0.29) is 0 Å². The van der Waals surface area contributed by atoms with E-state index in [1.807, 2.05) is 55.5 Å². The van der Waals surface area contributed by atoms with Crippen LogP contribution in [0.3, 0.4) is 0 Å². The first-order valence-corrected chi connectivity index (χ1v) is 8.96. The van der Waals surface area contributed by atoms with Crippen LogP contribution in [0.2, 0.25) is 0 Å². The van der Waals surface area contributed by atoms with Gasteiger partial charge in [-0.1, -0.05) is 36.3 Å². The molecule has 0 spiro atoms. The highest BCUT2D eigenvalue weighted by molar-refractivity contribution is 5.96. The van der Waals surface area contributed by atoms with Gasteiger partial charge in [0.05, 0.1) is 5.69 Å².